The highest BCUT2D eigenvalue weighted by Crippen LogP contribution is 2.29. The smallest absolute Gasteiger partial charge is 0.336 e. The molecule has 2 amide bonds. The quantitative estimate of drug-likeness (QED) is 0.239. The van der Waals surface area contributed by atoms with Crippen LogP contribution in [0.1, 0.15) is 63.2 Å². The van der Waals surface area contributed by atoms with E-state index in [1.54, 1.807) is 19.1 Å². The summed E-state index contributed by atoms with van der Waals surface area (Å²) in [7, 11) is 0. The fourth-order valence-electron chi connectivity index (χ4n) is 3.49. The molecule has 0 fully saturated rings. The Kier molecular flexibility index (Phi) is 7.71. The van der Waals surface area contributed by atoms with Crippen molar-refractivity contribution in [2.45, 2.75) is 27.7 Å². The van der Waals surface area contributed by atoms with Crippen LogP contribution in [0, 0.1) is 23.6 Å². The molecular formula is C27H28FN5O4. The zero-order chi connectivity index (χ0) is 27.5. The van der Waals surface area contributed by atoms with E-state index in [1.807, 2.05) is 20.8 Å². The molecule has 0 aliphatic heterocycles. The van der Waals surface area contributed by atoms with E-state index in [1.165, 1.54) is 30.3 Å². The molecule has 0 bridgehead atoms. The van der Waals surface area contributed by atoms with Gasteiger partial charge in [0.05, 0.1) is 11.1 Å². The topological polar surface area (TPSA) is 158 Å². The van der Waals surface area contributed by atoms with Crippen LogP contribution in [0.4, 0.5) is 10.1 Å². The minimum atomic E-state index is -1.28. The molecule has 0 saturated heterocycles. The number of rotatable bonds is 7. The van der Waals surface area contributed by atoms with Gasteiger partial charge in [-0.15, -0.1) is 0 Å². The summed E-state index contributed by atoms with van der Waals surface area (Å²) in [4.78, 5) is 42.2. The standard InChI is InChI=1S/C27H28FN5O4/c1-14-5-8-18(22(32-14)25(35)33-16-7-10-19(23(29)30)21(28)12-16)17-9-6-15(11-20(17)26(36)37)24(34)31-13-27(2,3)4/h5-12H,13H2,1-4H3,(H3,29,30)(H,31,34)(H,33,35)(H,36,37). The zero-order valence-corrected chi connectivity index (χ0v) is 20.9. The van der Waals surface area contributed by atoms with Crippen molar-refractivity contribution < 1.29 is 23.9 Å². The molecule has 192 valence electrons. The highest BCUT2D eigenvalue weighted by Gasteiger charge is 2.22. The second-order valence-corrected chi connectivity index (χ2v) is 9.72. The van der Waals surface area contributed by atoms with Gasteiger partial charge in [0.1, 0.15) is 17.3 Å². The summed E-state index contributed by atoms with van der Waals surface area (Å²) in [5, 5.41) is 22.6. The monoisotopic (exact) mass is 505 g/mol. The third-order valence-corrected chi connectivity index (χ3v) is 5.35. The number of pyridine rings is 1. The number of carbonyl (C=O) groups is 3. The first-order valence-corrected chi connectivity index (χ1v) is 11.4. The summed E-state index contributed by atoms with van der Waals surface area (Å²) in [6.07, 6.45) is 0. The number of carbonyl (C=O) groups excluding carboxylic acids is 2. The largest absolute Gasteiger partial charge is 0.478 e. The summed E-state index contributed by atoms with van der Waals surface area (Å²) in [6.45, 7) is 7.95. The zero-order valence-electron chi connectivity index (χ0n) is 20.9. The Bertz CT molecular complexity index is 1410. The predicted octanol–water partition coefficient (Wildman–Crippen LogP) is 4.21. The number of halogens is 1. The van der Waals surface area contributed by atoms with Gasteiger partial charge < -0.3 is 21.5 Å². The summed E-state index contributed by atoms with van der Waals surface area (Å²) in [5.41, 5.74) is 6.00. The van der Waals surface area contributed by atoms with Crippen LogP contribution in [0.25, 0.3) is 11.1 Å². The number of nitrogens with one attached hydrogen (secondary N) is 3. The lowest BCUT2D eigenvalue weighted by atomic mass is 9.94. The maximum atomic E-state index is 14.2. The van der Waals surface area contributed by atoms with E-state index in [9.17, 15) is 23.9 Å². The number of benzene rings is 2. The number of amidine groups is 1. The van der Waals surface area contributed by atoms with Crippen molar-refractivity contribution in [3.05, 3.63) is 82.4 Å². The van der Waals surface area contributed by atoms with Gasteiger partial charge in [-0.2, -0.15) is 0 Å². The number of nitrogens with two attached hydrogens (primary N) is 1. The normalized spacial score (nSPS) is 11.1. The first kappa shape index (κ1) is 27.0. The minimum Gasteiger partial charge on any atom is -0.478 e. The maximum absolute atomic E-state index is 14.2. The molecule has 37 heavy (non-hydrogen) atoms. The predicted molar refractivity (Wildman–Crippen MR) is 139 cm³/mol. The third kappa shape index (κ3) is 6.54. The maximum Gasteiger partial charge on any atom is 0.336 e. The Morgan fingerprint density at radius 2 is 1.68 bits per heavy atom. The molecule has 0 aliphatic rings. The van der Waals surface area contributed by atoms with Gasteiger partial charge in [0.25, 0.3) is 11.8 Å². The van der Waals surface area contributed by atoms with Crippen molar-refractivity contribution in [3.8, 4) is 11.1 Å². The van der Waals surface area contributed by atoms with Crippen molar-refractivity contribution >= 4 is 29.3 Å². The Morgan fingerprint density at radius 3 is 2.27 bits per heavy atom. The molecule has 1 aromatic heterocycles. The number of aromatic nitrogens is 1. The highest BCUT2D eigenvalue weighted by atomic mass is 19.1. The minimum absolute atomic E-state index is 0.0801. The second-order valence-electron chi connectivity index (χ2n) is 9.72. The van der Waals surface area contributed by atoms with Gasteiger partial charge in [0.15, 0.2) is 0 Å². The number of carboxylic acid groups (broad SMARTS) is 1. The first-order valence-electron chi connectivity index (χ1n) is 11.4. The van der Waals surface area contributed by atoms with E-state index in [-0.39, 0.29) is 44.6 Å². The Hall–Kier alpha value is -4.60. The third-order valence-electron chi connectivity index (χ3n) is 5.35. The average molecular weight is 506 g/mol. The van der Waals surface area contributed by atoms with Crippen molar-refractivity contribution in [2.75, 3.05) is 11.9 Å². The number of aryl methyl sites for hydroxylation is 1. The fourth-order valence-corrected chi connectivity index (χ4v) is 3.49. The number of nitrogen functional groups attached to an aromatic ring is 1. The van der Waals surface area contributed by atoms with Gasteiger partial charge in [-0.3, -0.25) is 15.0 Å². The van der Waals surface area contributed by atoms with Crippen LogP contribution in [0.15, 0.2) is 48.5 Å². The highest BCUT2D eigenvalue weighted by molar-refractivity contribution is 6.10. The molecule has 0 atom stereocenters. The molecule has 3 aromatic rings. The summed E-state index contributed by atoms with van der Waals surface area (Å²) >= 11 is 0. The van der Waals surface area contributed by atoms with E-state index in [2.05, 4.69) is 15.6 Å². The molecule has 3 rings (SSSR count). The molecule has 10 heteroatoms. The van der Waals surface area contributed by atoms with Crippen molar-refractivity contribution in [3.63, 3.8) is 0 Å². The molecule has 2 aromatic carbocycles. The van der Waals surface area contributed by atoms with Gasteiger partial charge in [0.2, 0.25) is 0 Å². The number of amides is 2. The van der Waals surface area contributed by atoms with Crippen molar-refractivity contribution in [2.24, 2.45) is 11.1 Å². The number of anilines is 1. The van der Waals surface area contributed by atoms with E-state index in [0.717, 1.165) is 6.07 Å². The lowest BCUT2D eigenvalue weighted by Crippen LogP contribution is -2.32. The average Bonchev–Trinajstić information content (AvgIpc) is 2.81. The van der Waals surface area contributed by atoms with Crippen LogP contribution in [-0.4, -0.2) is 40.3 Å². The summed E-state index contributed by atoms with van der Waals surface area (Å²) < 4.78 is 14.2. The van der Waals surface area contributed by atoms with Crippen LogP contribution >= 0.6 is 0 Å². The number of carboxylic acids is 1. The Morgan fingerprint density at radius 1 is 1.00 bits per heavy atom. The summed E-state index contributed by atoms with van der Waals surface area (Å²) in [6, 6.07) is 11.1. The van der Waals surface area contributed by atoms with E-state index in [4.69, 9.17) is 11.1 Å². The van der Waals surface area contributed by atoms with Crippen LogP contribution in [0.2, 0.25) is 0 Å². The molecule has 0 aliphatic carbocycles. The molecule has 9 nitrogen and oxygen atoms in total. The van der Waals surface area contributed by atoms with Gasteiger partial charge in [-0.05, 0) is 54.3 Å². The Balaban J connectivity index is 2.00. The van der Waals surface area contributed by atoms with Crippen LogP contribution in [-0.2, 0) is 0 Å². The number of nitrogens with zero attached hydrogens (tertiary/aromatic N) is 1. The number of hydrogen-bond donors (Lipinski definition) is 5. The van der Waals surface area contributed by atoms with Gasteiger partial charge in [0, 0.05) is 29.1 Å². The molecule has 0 radical (unpaired) electrons. The van der Waals surface area contributed by atoms with E-state index in [0.29, 0.717) is 12.2 Å². The summed E-state index contributed by atoms with van der Waals surface area (Å²) in [5.74, 6) is -3.63. The lowest BCUT2D eigenvalue weighted by Gasteiger charge is -2.19. The molecular weight excluding hydrogens is 477 g/mol. The first-order chi connectivity index (χ1) is 17.3. The molecule has 6 N–H and O–H groups in total. The molecule has 0 unspecified atom stereocenters. The SMILES string of the molecule is Cc1ccc(-c2ccc(C(=O)NCC(C)(C)C)cc2C(=O)O)c(C(=O)Nc2ccc(C(=N)N)c(F)c2)n1. The van der Waals surface area contributed by atoms with Gasteiger partial charge in [-0.1, -0.05) is 32.9 Å². The lowest BCUT2D eigenvalue weighted by molar-refractivity contribution is 0.0697. The van der Waals surface area contributed by atoms with E-state index >= 15 is 0 Å². The number of aromatic carboxylic acids is 1. The van der Waals surface area contributed by atoms with Crippen LogP contribution in [0.5, 0.6) is 0 Å². The fraction of sp³-hybridized carbons (Fsp3) is 0.222. The van der Waals surface area contributed by atoms with Crippen LogP contribution in [0.3, 0.4) is 0 Å². The van der Waals surface area contributed by atoms with Crippen LogP contribution < -0.4 is 16.4 Å². The number of hydrogen-bond acceptors (Lipinski definition) is 5. The Labute approximate surface area is 213 Å². The van der Waals surface area contributed by atoms with Crippen molar-refractivity contribution in [1.82, 2.24) is 10.3 Å². The van der Waals surface area contributed by atoms with Gasteiger partial charge in [-0.25, -0.2) is 14.2 Å². The molecule has 0 saturated carbocycles. The molecule has 1 heterocycles. The van der Waals surface area contributed by atoms with E-state index < -0.39 is 29.4 Å². The molecule has 0 spiro atoms. The second kappa shape index (κ2) is 10.6. The van der Waals surface area contributed by atoms with Gasteiger partial charge >= 0.3 is 5.97 Å². The van der Waals surface area contributed by atoms with Crippen molar-refractivity contribution in [1.29, 1.82) is 5.41 Å².